The number of methoxy groups -OCH3 is 1. The van der Waals surface area contributed by atoms with Crippen molar-refractivity contribution in [1.29, 1.82) is 0 Å². The Labute approximate surface area is 199 Å². The molecule has 0 atom stereocenters. The fourth-order valence-corrected chi connectivity index (χ4v) is 3.59. The van der Waals surface area contributed by atoms with E-state index in [0.29, 0.717) is 17.5 Å². The minimum absolute atomic E-state index is 0.215. The van der Waals surface area contributed by atoms with Crippen molar-refractivity contribution in [1.82, 2.24) is 29.6 Å². The van der Waals surface area contributed by atoms with Gasteiger partial charge in [0.2, 0.25) is 11.9 Å². The molecule has 1 aliphatic rings. The highest BCUT2D eigenvalue weighted by Crippen LogP contribution is 2.32. The second-order valence-electron chi connectivity index (χ2n) is 8.27. The zero-order valence-electron chi connectivity index (χ0n) is 20.1. The molecule has 0 saturated carbocycles. The number of nitrogens with one attached hydrogen (secondary N) is 1. The summed E-state index contributed by atoms with van der Waals surface area (Å²) in [6.45, 7) is 4.87. The lowest BCUT2D eigenvalue weighted by atomic mass is 10.2. The smallest absolute Gasteiger partial charge is 0.249 e. The predicted molar refractivity (Wildman–Crippen MR) is 132 cm³/mol. The van der Waals surface area contributed by atoms with Crippen LogP contribution >= 0.6 is 0 Å². The average Bonchev–Trinajstić information content (AvgIpc) is 3.23. The van der Waals surface area contributed by atoms with Gasteiger partial charge in [0.25, 0.3) is 0 Å². The number of ether oxygens (including phenoxy) is 2. The summed E-state index contributed by atoms with van der Waals surface area (Å²) in [5.74, 6) is 2.56. The molecule has 12 nitrogen and oxygen atoms in total. The van der Waals surface area contributed by atoms with Gasteiger partial charge in [-0.1, -0.05) is 0 Å². The third-order valence-corrected chi connectivity index (χ3v) is 5.57. The quantitative estimate of drug-likeness (QED) is 0.471. The molecule has 3 N–H and O–H groups in total. The number of nitrogen functional groups attached to an aromatic ring is 1. The van der Waals surface area contributed by atoms with E-state index in [0.717, 1.165) is 56.6 Å². The Hall–Kier alpha value is -3.64. The van der Waals surface area contributed by atoms with Crippen LogP contribution in [0.1, 0.15) is 0 Å². The van der Waals surface area contributed by atoms with Gasteiger partial charge in [0.1, 0.15) is 17.9 Å². The van der Waals surface area contributed by atoms with Crippen molar-refractivity contribution in [2.75, 3.05) is 88.5 Å². The maximum absolute atomic E-state index is 6.16. The number of hydrogen-bond acceptors (Lipinski definition) is 11. The molecule has 0 spiro atoms. The molecule has 0 amide bonds. The summed E-state index contributed by atoms with van der Waals surface area (Å²) in [6, 6.07) is 7.82. The molecule has 4 rings (SSSR count). The van der Waals surface area contributed by atoms with Crippen LogP contribution in [0.4, 0.5) is 29.1 Å². The number of nitrogens with zero attached hydrogens (tertiary/aromatic N) is 8. The molecule has 0 bridgehead atoms. The fourth-order valence-electron chi connectivity index (χ4n) is 3.59. The first-order valence-corrected chi connectivity index (χ1v) is 11.1. The Balaban J connectivity index is 1.52. The summed E-state index contributed by atoms with van der Waals surface area (Å²) < 4.78 is 12.5. The van der Waals surface area contributed by atoms with E-state index >= 15 is 0 Å². The van der Waals surface area contributed by atoms with Crippen LogP contribution in [0.3, 0.4) is 0 Å². The van der Waals surface area contributed by atoms with Crippen molar-refractivity contribution < 1.29 is 9.47 Å². The molecule has 1 saturated heterocycles. The van der Waals surface area contributed by atoms with Crippen LogP contribution in [0.25, 0.3) is 5.82 Å². The SMILES string of the molecule is COc1cc(N2CCOCC2)ccc1Nc1nc(N)n(-c2cc(N(C)CCN(C)C)ncn2)n1. The Kier molecular flexibility index (Phi) is 7.28. The highest BCUT2D eigenvalue weighted by Gasteiger charge is 2.16. The van der Waals surface area contributed by atoms with E-state index in [2.05, 4.69) is 40.1 Å². The number of aromatic nitrogens is 5. The standard InChI is InChI=1S/C22H32N10O2/c1-29(2)7-8-30(3)19-14-20(25-15-24-19)32-21(23)27-22(28-32)26-17-6-5-16(13-18(17)33-4)31-9-11-34-12-10-31/h5-6,13-15H,7-12H2,1-4H3,(H3,23,26,27,28). The zero-order valence-corrected chi connectivity index (χ0v) is 20.1. The normalized spacial score (nSPS) is 13.9. The second-order valence-corrected chi connectivity index (χ2v) is 8.27. The summed E-state index contributed by atoms with van der Waals surface area (Å²) in [6.07, 6.45) is 1.50. The van der Waals surface area contributed by atoms with Gasteiger partial charge in [0.05, 0.1) is 26.0 Å². The maximum atomic E-state index is 6.16. The topological polar surface area (TPSA) is 123 Å². The molecule has 0 unspecified atom stereocenters. The number of benzene rings is 1. The Morgan fingerprint density at radius 2 is 1.91 bits per heavy atom. The van der Waals surface area contributed by atoms with Crippen LogP contribution in [-0.4, -0.2) is 97.3 Å². The molecule has 1 fully saturated rings. The highest BCUT2D eigenvalue weighted by atomic mass is 16.5. The van der Waals surface area contributed by atoms with Crippen LogP contribution in [0.5, 0.6) is 5.75 Å². The Bertz CT molecular complexity index is 1100. The molecule has 1 aliphatic heterocycles. The maximum Gasteiger partial charge on any atom is 0.249 e. The van der Waals surface area contributed by atoms with Gasteiger partial charge >= 0.3 is 0 Å². The van der Waals surface area contributed by atoms with E-state index in [4.69, 9.17) is 15.2 Å². The summed E-state index contributed by atoms with van der Waals surface area (Å²) in [4.78, 5) is 19.5. The van der Waals surface area contributed by atoms with Gasteiger partial charge in [-0.2, -0.15) is 9.67 Å². The average molecular weight is 469 g/mol. The monoisotopic (exact) mass is 468 g/mol. The molecular weight excluding hydrogens is 436 g/mol. The minimum atomic E-state index is 0.215. The van der Waals surface area contributed by atoms with Gasteiger partial charge in [-0.15, -0.1) is 5.10 Å². The number of nitrogens with two attached hydrogens (primary N) is 1. The van der Waals surface area contributed by atoms with Crippen molar-refractivity contribution in [3.8, 4) is 11.6 Å². The van der Waals surface area contributed by atoms with Crippen LogP contribution in [0, 0.1) is 0 Å². The first-order valence-electron chi connectivity index (χ1n) is 11.1. The number of morpholine rings is 1. The minimum Gasteiger partial charge on any atom is -0.494 e. The van der Waals surface area contributed by atoms with Crippen molar-refractivity contribution in [3.63, 3.8) is 0 Å². The molecule has 182 valence electrons. The summed E-state index contributed by atoms with van der Waals surface area (Å²) in [7, 11) is 7.70. The zero-order chi connectivity index (χ0) is 24.1. The molecule has 1 aromatic carbocycles. The van der Waals surface area contributed by atoms with E-state index in [9.17, 15) is 0 Å². The van der Waals surface area contributed by atoms with Crippen LogP contribution in [-0.2, 0) is 4.74 Å². The number of likely N-dealkylation sites (N-methyl/N-ethyl adjacent to an activating group) is 2. The lowest BCUT2D eigenvalue weighted by Crippen LogP contribution is -2.36. The van der Waals surface area contributed by atoms with Crippen molar-refractivity contribution >= 4 is 29.1 Å². The summed E-state index contributed by atoms with van der Waals surface area (Å²) in [5.41, 5.74) is 7.98. The number of anilines is 5. The van der Waals surface area contributed by atoms with Crippen molar-refractivity contribution in [3.05, 3.63) is 30.6 Å². The largest absolute Gasteiger partial charge is 0.494 e. The molecular formula is C22H32N10O2. The first kappa shape index (κ1) is 23.5. The van der Waals surface area contributed by atoms with E-state index in [1.165, 1.54) is 11.0 Å². The van der Waals surface area contributed by atoms with E-state index < -0.39 is 0 Å². The van der Waals surface area contributed by atoms with Crippen molar-refractivity contribution in [2.45, 2.75) is 0 Å². The van der Waals surface area contributed by atoms with Gasteiger partial charge in [0, 0.05) is 51.0 Å². The summed E-state index contributed by atoms with van der Waals surface area (Å²) in [5, 5.41) is 7.71. The fraction of sp³-hybridized carbons (Fsp3) is 0.455. The van der Waals surface area contributed by atoms with Crippen molar-refractivity contribution in [2.24, 2.45) is 0 Å². The molecule has 2 aromatic heterocycles. The molecule has 0 radical (unpaired) electrons. The molecule has 12 heteroatoms. The lowest BCUT2D eigenvalue weighted by Gasteiger charge is -2.29. The van der Waals surface area contributed by atoms with Crippen LogP contribution in [0.2, 0.25) is 0 Å². The summed E-state index contributed by atoms with van der Waals surface area (Å²) >= 11 is 0. The van der Waals surface area contributed by atoms with Gasteiger partial charge in [-0.25, -0.2) is 9.97 Å². The number of rotatable bonds is 9. The van der Waals surface area contributed by atoms with E-state index in [1.807, 2.05) is 45.4 Å². The van der Waals surface area contributed by atoms with E-state index in [1.54, 1.807) is 7.11 Å². The van der Waals surface area contributed by atoms with Gasteiger partial charge < -0.3 is 35.2 Å². The van der Waals surface area contributed by atoms with E-state index in [-0.39, 0.29) is 5.95 Å². The third kappa shape index (κ3) is 5.46. The third-order valence-electron chi connectivity index (χ3n) is 5.57. The number of hydrogen-bond donors (Lipinski definition) is 2. The lowest BCUT2D eigenvalue weighted by molar-refractivity contribution is 0.122. The molecule has 3 heterocycles. The molecule has 3 aromatic rings. The second kappa shape index (κ2) is 10.5. The molecule has 34 heavy (non-hydrogen) atoms. The molecule has 0 aliphatic carbocycles. The van der Waals surface area contributed by atoms with Crippen LogP contribution < -0.4 is 25.6 Å². The predicted octanol–water partition coefficient (Wildman–Crippen LogP) is 1.23. The highest BCUT2D eigenvalue weighted by molar-refractivity contribution is 5.68. The Morgan fingerprint density at radius 1 is 1.12 bits per heavy atom. The first-order chi connectivity index (χ1) is 16.4. The van der Waals surface area contributed by atoms with Gasteiger partial charge in [-0.3, -0.25) is 0 Å². The Morgan fingerprint density at radius 3 is 2.65 bits per heavy atom. The van der Waals surface area contributed by atoms with Crippen LogP contribution in [0.15, 0.2) is 30.6 Å². The van der Waals surface area contributed by atoms with Gasteiger partial charge in [0.15, 0.2) is 5.82 Å². The van der Waals surface area contributed by atoms with Gasteiger partial charge in [-0.05, 0) is 26.2 Å².